The van der Waals surface area contributed by atoms with Gasteiger partial charge in [-0.15, -0.1) is 0 Å². The van der Waals surface area contributed by atoms with Crippen LogP contribution in [0.2, 0.25) is 15.1 Å². The van der Waals surface area contributed by atoms with E-state index in [4.69, 9.17) is 52.0 Å². The molecule has 0 aliphatic carbocycles. The topological polar surface area (TPSA) is 270 Å². The molecule has 7 unspecified atom stereocenters. The minimum absolute atomic E-state index is 0. The number of hydrogen-bond donors (Lipinski definition) is 9. The van der Waals surface area contributed by atoms with Crippen molar-refractivity contribution in [2.45, 2.75) is 109 Å². The molecule has 0 aliphatic rings. The van der Waals surface area contributed by atoms with Crippen molar-refractivity contribution in [1.82, 2.24) is 31.9 Å². The fourth-order valence-corrected chi connectivity index (χ4v) is 6.29. The zero-order chi connectivity index (χ0) is 45.2. The van der Waals surface area contributed by atoms with Crippen LogP contribution < -0.4 is 49.1 Å². The highest BCUT2D eigenvalue weighted by atomic mass is 35.5. The van der Waals surface area contributed by atoms with Crippen molar-refractivity contribution in [2.24, 2.45) is 17.2 Å². The molecule has 7 amide bonds. The highest BCUT2D eigenvalue weighted by Gasteiger charge is 2.31. The first-order chi connectivity index (χ1) is 28.9. The number of carbonyl (C=O) groups excluding carboxylic acids is 7. The van der Waals surface area contributed by atoms with Crippen molar-refractivity contribution in [3.05, 3.63) is 105 Å². The molecule has 0 radical (unpaired) electrons. The Hall–Kier alpha value is -5.26. The van der Waals surface area contributed by atoms with Gasteiger partial charge in [-0.05, 0) is 106 Å². The molecule has 0 aliphatic heterocycles. The molecule has 0 aromatic heterocycles. The zero-order valence-electron chi connectivity index (χ0n) is 34.1. The Morgan fingerprint density at radius 2 is 0.806 bits per heavy atom. The minimum atomic E-state index is -1.27. The monoisotopic (exact) mass is 917 g/mol. The SMILES string of the molecule is C.CC(NC(=O)C(C)NC(=O)C(Cc1ccc(Cl)cc1)NC(=O)C(Cc1ccc(Cl)cc1)NC(=O)C(N)Cc1ccc(Cl)cc1)C(=O)NC(C)C(=O)NC(CCCCN)C(N)=O. The van der Waals surface area contributed by atoms with Crippen molar-refractivity contribution >= 4 is 76.2 Å². The number of benzene rings is 3. The highest BCUT2D eigenvalue weighted by Crippen LogP contribution is 2.15. The maximum Gasteiger partial charge on any atom is 0.243 e. The second-order valence-corrected chi connectivity index (χ2v) is 16.0. The van der Waals surface area contributed by atoms with E-state index in [1.54, 1.807) is 72.8 Å². The van der Waals surface area contributed by atoms with Gasteiger partial charge in [-0.1, -0.05) is 78.6 Å². The Morgan fingerprint density at radius 1 is 0.484 bits per heavy atom. The number of unbranched alkanes of at least 4 members (excludes halogenated alkanes) is 1. The van der Waals surface area contributed by atoms with Crippen molar-refractivity contribution in [2.75, 3.05) is 6.54 Å². The van der Waals surface area contributed by atoms with Gasteiger partial charge >= 0.3 is 0 Å². The molecule has 7 atom stereocenters. The van der Waals surface area contributed by atoms with Gasteiger partial charge in [0.15, 0.2) is 0 Å². The summed E-state index contributed by atoms with van der Waals surface area (Å²) in [6.07, 6.45) is 1.60. The van der Waals surface area contributed by atoms with Gasteiger partial charge < -0.3 is 49.1 Å². The average Bonchev–Trinajstić information content (AvgIpc) is 3.21. The molecule has 62 heavy (non-hydrogen) atoms. The number of nitrogens with two attached hydrogens (primary N) is 3. The third kappa shape index (κ3) is 18.0. The van der Waals surface area contributed by atoms with Gasteiger partial charge in [-0.2, -0.15) is 0 Å². The van der Waals surface area contributed by atoms with E-state index < -0.39 is 83.6 Å². The van der Waals surface area contributed by atoms with Gasteiger partial charge in [0.1, 0.15) is 36.3 Å². The van der Waals surface area contributed by atoms with Crippen LogP contribution in [0.4, 0.5) is 0 Å². The van der Waals surface area contributed by atoms with Crippen LogP contribution in [-0.2, 0) is 52.8 Å². The van der Waals surface area contributed by atoms with Crippen LogP contribution in [-0.4, -0.2) is 90.2 Å². The lowest BCUT2D eigenvalue weighted by Crippen LogP contribution is -2.59. The number of hydrogen-bond acceptors (Lipinski definition) is 9. The lowest BCUT2D eigenvalue weighted by molar-refractivity contribution is -0.135. The Labute approximate surface area is 377 Å². The van der Waals surface area contributed by atoms with E-state index in [0.717, 1.165) is 5.56 Å². The molecule has 16 nitrogen and oxygen atoms in total. The van der Waals surface area contributed by atoms with Crippen LogP contribution in [0.25, 0.3) is 0 Å². The number of primary amides is 1. The third-order valence-corrected chi connectivity index (χ3v) is 10.3. The maximum absolute atomic E-state index is 14.1. The normalized spacial score (nSPS) is 14.2. The van der Waals surface area contributed by atoms with E-state index in [0.29, 0.717) is 45.6 Å². The maximum atomic E-state index is 14.1. The lowest BCUT2D eigenvalue weighted by Gasteiger charge is -2.26. The fourth-order valence-electron chi connectivity index (χ4n) is 5.91. The summed E-state index contributed by atoms with van der Waals surface area (Å²) in [6, 6.07) is 12.1. The van der Waals surface area contributed by atoms with Gasteiger partial charge in [0.2, 0.25) is 41.4 Å². The van der Waals surface area contributed by atoms with Crippen molar-refractivity contribution in [3.8, 4) is 0 Å². The van der Waals surface area contributed by atoms with Crippen molar-refractivity contribution < 1.29 is 33.6 Å². The minimum Gasteiger partial charge on any atom is -0.368 e. The van der Waals surface area contributed by atoms with Gasteiger partial charge in [-0.3, -0.25) is 33.6 Å². The largest absolute Gasteiger partial charge is 0.368 e. The lowest BCUT2D eigenvalue weighted by atomic mass is 10.0. The van der Waals surface area contributed by atoms with Gasteiger partial charge in [0.25, 0.3) is 0 Å². The van der Waals surface area contributed by atoms with Gasteiger partial charge in [-0.25, -0.2) is 0 Å². The molecular weight excluding hydrogens is 861 g/mol. The summed E-state index contributed by atoms with van der Waals surface area (Å²) in [5, 5.41) is 17.0. The molecule has 3 rings (SSSR count). The first kappa shape index (κ1) is 52.9. The summed E-state index contributed by atoms with van der Waals surface area (Å²) >= 11 is 18.2. The standard InChI is InChI=1S/C42H54Cl3N9O7.CH4/c1-23(37(56)50-25(3)39(58)52-33(36(48)55)6-4-5-19-46)49-38(57)24(2)51-41(60)34(21-27-9-15-30(44)16-10-27)54-42(61)35(22-28-11-17-31(45)18-12-28)53-40(59)32(47)20-26-7-13-29(43)14-8-26;/h7-18,23-25,32-35H,4-6,19-22,46-47H2,1-3H3,(H2,48,55)(H,49,57)(H,50,56)(H,51,60)(H,52,58)(H,53,59)(H,54,61);1H4. The molecule has 0 spiro atoms. The first-order valence-corrected chi connectivity index (χ1v) is 20.8. The van der Waals surface area contributed by atoms with E-state index >= 15 is 0 Å². The average molecular weight is 919 g/mol. The summed E-state index contributed by atoms with van der Waals surface area (Å²) < 4.78 is 0. The van der Waals surface area contributed by atoms with Gasteiger partial charge in [0, 0.05) is 27.9 Å². The summed E-state index contributed by atoms with van der Waals surface area (Å²) in [5.74, 6) is -4.94. The van der Waals surface area contributed by atoms with Crippen molar-refractivity contribution in [1.29, 1.82) is 0 Å². The second-order valence-electron chi connectivity index (χ2n) is 14.7. The molecule has 12 N–H and O–H groups in total. The van der Waals surface area contributed by atoms with Gasteiger partial charge in [0.05, 0.1) is 6.04 Å². The zero-order valence-corrected chi connectivity index (χ0v) is 36.4. The molecule has 19 heteroatoms. The Kier molecular flexibility index (Phi) is 22.4. The summed E-state index contributed by atoms with van der Waals surface area (Å²) in [7, 11) is 0. The van der Waals surface area contributed by atoms with Crippen LogP contribution in [0.3, 0.4) is 0 Å². The van der Waals surface area contributed by atoms with Crippen LogP contribution >= 0.6 is 34.8 Å². The predicted octanol–water partition coefficient (Wildman–Crippen LogP) is 2.22. The van der Waals surface area contributed by atoms with E-state index in [1.807, 2.05) is 0 Å². The van der Waals surface area contributed by atoms with Crippen LogP contribution in [0, 0.1) is 0 Å². The molecule has 0 bridgehead atoms. The quantitative estimate of drug-likeness (QED) is 0.0631. The fraction of sp³-hybridized carbons (Fsp3) is 0.419. The van der Waals surface area contributed by atoms with E-state index in [1.165, 1.54) is 20.8 Å². The van der Waals surface area contributed by atoms with Crippen molar-refractivity contribution in [3.63, 3.8) is 0 Å². The van der Waals surface area contributed by atoms with E-state index in [-0.39, 0.29) is 33.1 Å². The summed E-state index contributed by atoms with van der Waals surface area (Å²) in [6.45, 7) is 4.58. The van der Waals surface area contributed by atoms with Crippen LogP contribution in [0.5, 0.6) is 0 Å². The highest BCUT2D eigenvalue weighted by molar-refractivity contribution is 6.31. The Balaban J connectivity index is 0.0000132. The van der Waals surface area contributed by atoms with E-state index in [2.05, 4.69) is 31.9 Å². The molecule has 3 aromatic carbocycles. The second kappa shape index (κ2) is 26.3. The summed E-state index contributed by atoms with van der Waals surface area (Å²) in [5.41, 5.74) is 19.2. The van der Waals surface area contributed by atoms with Crippen LogP contribution in [0.1, 0.15) is 64.2 Å². The molecular formula is C43H58Cl3N9O7. The molecule has 0 fully saturated rings. The number of amides is 7. The molecule has 338 valence electrons. The number of rotatable bonds is 23. The molecule has 0 saturated carbocycles. The van der Waals surface area contributed by atoms with Crippen LogP contribution in [0.15, 0.2) is 72.8 Å². The Bertz CT molecular complexity index is 1970. The predicted molar refractivity (Wildman–Crippen MR) is 241 cm³/mol. The molecule has 3 aromatic rings. The Morgan fingerprint density at radius 3 is 1.19 bits per heavy atom. The smallest absolute Gasteiger partial charge is 0.243 e. The van der Waals surface area contributed by atoms with E-state index in [9.17, 15) is 33.6 Å². The molecule has 0 heterocycles. The third-order valence-electron chi connectivity index (χ3n) is 9.54. The summed E-state index contributed by atoms with van der Waals surface area (Å²) in [4.78, 5) is 92.1. The number of halogens is 3. The number of carbonyl (C=O) groups is 7. The number of nitrogens with one attached hydrogen (secondary N) is 6. The molecule has 0 saturated heterocycles. The first-order valence-electron chi connectivity index (χ1n) is 19.7.